The molecule has 0 fully saturated rings. The lowest BCUT2D eigenvalue weighted by molar-refractivity contribution is -0.123. The van der Waals surface area contributed by atoms with Crippen molar-refractivity contribution < 1.29 is 9.53 Å². The fraction of sp³-hybridized carbons (Fsp3) is 0.200. The number of para-hydroxylation sites is 1. The molecule has 0 aliphatic heterocycles. The van der Waals surface area contributed by atoms with Crippen molar-refractivity contribution >= 4 is 55.3 Å². The Labute approximate surface area is 149 Å². The SMILES string of the molecule is CCc1sc(/C=N\NC(=O)COc2ccccc2Br)cc1Br. The molecule has 1 heterocycles. The summed E-state index contributed by atoms with van der Waals surface area (Å²) in [4.78, 5) is 13.9. The van der Waals surface area contributed by atoms with E-state index in [1.165, 1.54) is 4.88 Å². The van der Waals surface area contributed by atoms with E-state index in [-0.39, 0.29) is 12.5 Å². The monoisotopic (exact) mass is 444 g/mol. The Morgan fingerprint density at radius 1 is 1.36 bits per heavy atom. The van der Waals surface area contributed by atoms with Crippen molar-refractivity contribution in [2.45, 2.75) is 13.3 Å². The Balaban J connectivity index is 1.82. The molecule has 0 atom stereocenters. The number of amides is 1. The zero-order chi connectivity index (χ0) is 15.9. The highest BCUT2D eigenvalue weighted by molar-refractivity contribution is 9.10. The van der Waals surface area contributed by atoms with Crippen molar-refractivity contribution in [3.8, 4) is 5.75 Å². The van der Waals surface area contributed by atoms with Gasteiger partial charge < -0.3 is 4.74 Å². The van der Waals surface area contributed by atoms with Gasteiger partial charge in [0.05, 0.1) is 10.7 Å². The summed E-state index contributed by atoms with van der Waals surface area (Å²) in [6.07, 6.45) is 2.59. The van der Waals surface area contributed by atoms with Gasteiger partial charge in [0.2, 0.25) is 0 Å². The molecule has 0 aliphatic rings. The number of hydrogen-bond donors (Lipinski definition) is 1. The molecule has 0 unspecified atom stereocenters. The molecular weight excluding hydrogens is 432 g/mol. The van der Waals surface area contributed by atoms with Crippen molar-refractivity contribution in [3.63, 3.8) is 0 Å². The highest BCUT2D eigenvalue weighted by Gasteiger charge is 2.05. The van der Waals surface area contributed by atoms with E-state index in [4.69, 9.17) is 4.74 Å². The lowest BCUT2D eigenvalue weighted by Crippen LogP contribution is -2.24. The molecule has 0 radical (unpaired) electrons. The van der Waals surface area contributed by atoms with E-state index in [1.54, 1.807) is 23.6 Å². The van der Waals surface area contributed by atoms with E-state index in [2.05, 4.69) is 49.3 Å². The van der Waals surface area contributed by atoms with Gasteiger partial charge in [0.1, 0.15) is 5.75 Å². The number of hydrazone groups is 1. The minimum Gasteiger partial charge on any atom is -0.483 e. The van der Waals surface area contributed by atoms with Crippen molar-refractivity contribution in [1.29, 1.82) is 0 Å². The van der Waals surface area contributed by atoms with E-state index in [0.29, 0.717) is 5.75 Å². The van der Waals surface area contributed by atoms with Crippen LogP contribution >= 0.6 is 43.2 Å². The Morgan fingerprint density at radius 2 is 2.14 bits per heavy atom. The maximum Gasteiger partial charge on any atom is 0.277 e. The molecule has 1 N–H and O–H groups in total. The number of hydrogen-bond acceptors (Lipinski definition) is 4. The summed E-state index contributed by atoms with van der Waals surface area (Å²) >= 11 is 8.49. The second-order valence-corrected chi connectivity index (χ2v) is 7.16. The average molecular weight is 446 g/mol. The number of thiophene rings is 1. The Hall–Kier alpha value is -1.18. The predicted octanol–water partition coefficient (Wildman–Crippen LogP) is 4.36. The zero-order valence-corrected chi connectivity index (χ0v) is 15.8. The molecule has 116 valence electrons. The van der Waals surface area contributed by atoms with Crippen LogP contribution in [-0.4, -0.2) is 18.7 Å². The van der Waals surface area contributed by atoms with Gasteiger partial charge in [-0.05, 0) is 56.5 Å². The fourth-order valence-corrected chi connectivity index (χ4v) is 3.82. The third-order valence-electron chi connectivity index (χ3n) is 2.67. The second-order valence-electron chi connectivity index (χ2n) is 4.29. The average Bonchev–Trinajstić information content (AvgIpc) is 2.86. The number of ether oxygens (including phenoxy) is 1. The van der Waals surface area contributed by atoms with Gasteiger partial charge in [-0.1, -0.05) is 19.1 Å². The van der Waals surface area contributed by atoms with Crippen LogP contribution in [0.2, 0.25) is 0 Å². The molecule has 0 saturated carbocycles. The molecule has 0 aliphatic carbocycles. The van der Waals surface area contributed by atoms with E-state index < -0.39 is 0 Å². The summed E-state index contributed by atoms with van der Waals surface area (Å²) in [5.41, 5.74) is 2.45. The first-order valence-electron chi connectivity index (χ1n) is 6.57. The molecule has 2 aromatic rings. The molecule has 1 aromatic heterocycles. The lowest BCUT2D eigenvalue weighted by Gasteiger charge is -2.06. The van der Waals surface area contributed by atoms with Crippen molar-refractivity contribution in [2.75, 3.05) is 6.61 Å². The topological polar surface area (TPSA) is 50.7 Å². The van der Waals surface area contributed by atoms with Crippen LogP contribution in [0.5, 0.6) is 5.75 Å². The van der Waals surface area contributed by atoms with Gasteiger partial charge in [0.15, 0.2) is 6.61 Å². The van der Waals surface area contributed by atoms with Crippen LogP contribution in [0.3, 0.4) is 0 Å². The van der Waals surface area contributed by atoms with E-state index in [9.17, 15) is 4.79 Å². The van der Waals surface area contributed by atoms with Crippen molar-refractivity contribution in [1.82, 2.24) is 5.43 Å². The standard InChI is InChI=1S/C15H14Br2N2O2S/c1-2-14-12(17)7-10(22-14)8-18-19-15(20)9-21-13-6-4-3-5-11(13)16/h3-8H,2,9H2,1H3,(H,19,20)/b18-8-. The van der Waals surface area contributed by atoms with Gasteiger partial charge in [-0.3, -0.25) is 4.79 Å². The number of aryl methyl sites for hydroxylation is 1. The van der Waals surface area contributed by atoms with Gasteiger partial charge in [-0.25, -0.2) is 5.43 Å². The molecule has 1 aromatic carbocycles. The molecular formula is C15H14Br2N2O2S. The Morgan fingerprint density at radius 3 is 2.82 bits per heavy atom. The second kappa shape index (κ2) is 8.45. The summed E-state index contributed by atoms with van der Waals surface area (Å²) in [6, 6.07) is 9.35. The summed E-state index contributed by atoms with van der Waals surface area (Å²) in [5, 5.41) is 3.94. The number of carbonyl (C=O) groups excluding carboxylic acids is 1. The van der Waals surface area contributed by atoms with Crippen LogP contribution in [0.25, 0.3) is 0 Å². The summed E-state index contributed by atoms with van der Waals surface area (Å²) in [5.74, 6) is 0.315. The van der Waals surface area contributed by atoms with Crippen LogP contribution in [0, 0.1) is 0 Å². The van der Waals surface area contributed by atoms with Gasteiger partial charge >= 0.3 is 0 Å². The minimum absolute atomic E-state index is 0.0890. The minimum atomic E-state index is -0.307. The smallest absolute Gasteiger partial charge is 0.277 e. The van der Waals surface area contributed by atoms with Crippen molar-refractivity contribution in [3.05, 3.63) is 49.0 Å². The van der Waals surface area contributed by atoms with E-state index in [1.807, 2.05) is 24.3 Å². The Kier molecular flexibility index (Phi) is 6.60. The largest absolute Gasteiger partial charge is 0.483 e. The van der Waals surface area contributed by atoms with Crippen molar-refractivity contribution in [2.24, 2.45) is 5.10 Å². The first-order chi connectivity index (χ1) is 10.6. The fourth-order valence-electron chi connectivity index (χ4n) is 1.64. The molecule has 0 bridgehead atoms. The molecule has 22 heavy (non-hydrogen) atoms. The summed E-state index contributed by atoms with van der Waals surface area (Å²) in [6.45, 7) is 2.01. The first-order valence-corrected chi connectivity index (χ1v) is 8.98. The quantitative estimate of drug-likeness (QED) is 0.530. The van der Waals surface area contributed by atoms with Crippen LogP contribution in [-0.2, 0) is 11.2 Å². The van der Waals surface area contributed by atoms with Gasteiger partial charge in [0.25, 0.3) is 5.91 Å². The van der Waals surface area contributed by atoms with E-state index in [0.717, 1.165) is 20.2 Å². The van der Waals surface area contributed by atoms with Gasteiger partial charge in [0, 0.05) is 14.2 Å². The molecule has 1 amide bonds. The normalized spacial score (nSPS) is 10.9. The maximum atomic E-state index is 11.7. The van der Waals surface area contributed by atoms with Crippen LogP contribution in [0.4, 0.5) is 0 Å². The first kappa shape index (κ1) is 17.2. The molecule has 4 nitrogen and oxygen atoms in total. The number of carbonyl (C=O) groups is 1. The summed E-state index contributed by atoms with van der Waals surface area (Å²) in [7, 11) is 0. The summed E-state index contributed by atoms with van der Waals surface area (Å²) < 4.78 is 7.29. The lowest BCUT2D eigenvalue weighted by atomic mass is 10.3. The predicted molar refractivity (Wildman–Crippen MR) is 96.8 cm³/mol. The molecule has 7 heteroatoms. The number of benzene rings is 1. The molecule has 0 spiro atoms. The third kappa shape index (κ3) is 4.93. The highest BCUT2D eigenvalue weighted by Crippen LogP contribution is 2.26. The Bertz CT molecular complexity index is 686. The van der Waals surface area contributed by atoms with Gasteiger partial charge in [-0.15, -0.1) is 11.3 Å². The number of halogens is 2. The maximum absolute atomic E-state index is 11.7. The van der Waals surface area contributed by atoms with Gasteiger partial charge in [-0.2, -0.15) is 5.10 Å². The van der Waals surface area contributed by atoms with Crippen LogP contribution < -0.4 is 10.2 Å². The van der Waals surface area contributed by atoms with Crippen LogP contribution in [0.1, 0.15) is 16.7 Å². The number of nitrogens with one attached hydrogen (secondary N) is 1. The molecule has 0 saturated heterocycles. The molecule has 2 rings (SSSR count). The number of nitrogens with zero attached hydrogens (tertiary/aromatic N) is 1. The third-order valence-corrected chi connectivity index (χ3v) is 5.51. The van der Waals surface area contributed by atoms with Crippen LogP contribution in [0.15, 0.2) is 44.4 Å². The zero-order valence-electron chi connectivity index (χ0n) is 11.8. The number of rotatable bonds is 6. The van der Waals surface area contributed by atoms with E-state index >= 15 is 0 Å². The highest BCUT2D eigenvalue weighted by atomic mass is 79.9.